The summed E-state index contributed by atoms with van der Waals surface area (Å²) in [4.78, 5) is 33.5. The summed E-state index contributed by atoms with van der Waals surface area (Å²) in [5.74, 6) is -0.0829. The molecule has 0 fully saturated rings. The molecule has 31 heavy (non-hydrogen) atoms. The number of amides is 1. The predicted molar refractivity (Wildman–Crippen MR) is 115 cm³/mol. The lowest BCUT2D eigenvalue weighted by Gasteiger charge is -2.13. The number of nitrogens with one attached hydrogen (secondary N) is 1. The molecule has 4 rings (SSSR count). The molecule has 0 saturated carbocycles. The average molecular weight is 417 g/mol. The van der Waals surface area contributed by atoms with Crippen molar-refractivity contribution in [2.75, 3.05) is 13.7 Å². The van der Waals surface area contributed by atoms with Crippen LogP contribution in [-0.4, -0.2) is 41.6 Å². The maximum absolute atomic E-state index is 12.6. The molecule has 1 unspecified atom stereocenters. The zero-order valence-corrected chi connectivity index (χ0v) is 17.6. The van der Waals surface area contributed by atoms with Crippen molar-refractivity contribution >= 4 is 11.9 Å². The molecule has 1 atom stereocenters. The molecule has 1 N–H and O–H groups in total. The number of carbonyl (C=O) groups is 2. The molecular weight excluding hydrogens is 394 g/mol. The minimum atomic E-state index is -0.544. The van der Waals surface area contributed by atoms with E-state index in [1.54, 1.807) is 30.5 Å². The van der Waals surface area contributed by atoms with E-state index in [0.29, 0.717) is 13.0 Å². The largest absolute Gasteiger partial charge is 0.488 e. The third kappa shape index (κ3) is 4.26. The van der Waals surface area contributed by atoms with Gasteiger partial charge in [-0.3, -0.25) is 9.78 Å². The number of rotatable bonds is 5. The first-order chi connectivity index (χ1) is 15.0. The van der Waals surface area contributed by atoms with E-state index in [0.717, 1.165) is 34.0 Å². The molecule has 2 heterocycles. The lowest BCUT2D eigenvalue weighted by Crippen LogP contribution is -2.35. The molecule has 1 aliphatic heterocycles. The second kappa shape index (κ2) is 8.55. The molecule has 0 saturated heterocycles. The van der Waals surface area contributed by atoms with Gasteiger partial charge in [-0.2, -0.15) is 0 Å². The smallest absolute Gasteiger partial charge is 0.338 e. The highest BCUT2D eigenvalue weighted by atomic mass is 16.5. The Labute approximate surface area is 180 Å². The van der Waals surface area contributed by atoms with E-state index < -0.39 is 5.97 Å². The summed E-state index contributed by atoms with van der Waals surface area (Å²) in [5, 5.41) is 2.86. The molecule has 1 aliphatic rings. The van der Waals surface area contributed by atoms with Crippen LogP contribution in [0.4, 0.5) is 0 Å². The summed E-state index contributed by atoms with van der Waals surface area (Å²) >= 11 is 0. The third-order valence-corrected chi connectivity index (χ3v) is 5.22. The van der Waals surface area contributed by atoms with Crippen molar-refractivity contribution in [3.05, 3.63) is 76.7 Å². The second-order valence-corrected chi connectivity index (χ2v) is 7.46. The quantitative estimate of drug-likeness (QED) is 0.641. The van der Waals surface area contributed by atoms with Crippen LogP contribution in [0.5, 0.6) is 5.75 Å². The normalized spacial score (nSPS) is 14.5. The van der Waals surface area contributed by atoms with Crippen LogP contribution in [0, 0.1) is 13.8 Å². The lowest BCUT2D eigenvalue weighted by molar-refractivity contribution is 0.0596. The zero-order valence-electron chi connectivity index (χ0n) is 17.6. The minimum Gasteiger partial charge on any atom is -0.488 e. The standard InChI is InChI=1S/C24H23N3O4/c1-14-12-25-15(2)22(27-14)16-8-9-21-17(10-16)11-18(31-21)13-26-23(28)19-6-4-5-7-20(19)24(29)30-3/h4-10,12,18H,11,13H2,1-3H3,(H,26,28). The first-order valence-electron chi connectivity index (χ1n) is 10.0. The van der Waals surface area contributed by atoms with Crippen molar-refractivity contribution in [1.29, 1.82) is 0 Å². The van der Waals surface area contributed by atoms with Crippen LogP contribution in [0.2, 0.25) is 0 Å². The molecule has 0 bridgehead atoms. The number of methoxy groups -OCH3 is 1. The molecule has 0 spiro atoms. The number of aryl methyl sites for hydroxylation is 2. The van der Waals surface area contributed by atoms with Gasteiger partial charge in [0, 0.05) is 18.2 Å². The molecule has 7 nitrogen and oxygen atoms in total. The molecule has 3 aromatic rings. The summed E-state index contributed by atoms with van der Waals surface area (Å²) in [6.07, 6.45) is 2.23. The highest BCUT2D eigenvalue weighted by Gasteiger charge is 2.25. The van der Waals surface area contributed by atoms with Gasteiger partial charge < -0.3 is 14.8 Å². The Morgan fingerprint density at radius 3 is 2.71 bits per heavy atom. The fourth-order valence-corrected chi connectivity index (χ4v) is 3.66. The summed E-state index contributed by atoms with van der Waals surface area (Å²) in [6, 6.07) is 12.5. The first kappa shape index (κ1) is 20.5. The number of fused-ring (bicyclic) bond motifs is 1. The van der Waals surface area contributed by atoms with Gasteiger partial charge in [-0.1, -0.05) is 12.1 Å². The van der Waals surface area contributed by atoms with Crippen LogP contribution in [0.25, 0.3) is 11.3 Å². The molecule has 7 heteroatoms. The summed E-state index contributed by atoms with van der Waals surface area (Å²) in [5.41, 5.74) is 5.17. The Balaban J connectivity index is 1.44. The van der Waals surface area contributed by atoms with E-state index >= 15 is 0 Å². The van der Waals surface area contributed by atoms with Crippen molar-refractivity contribution < 1.29 is 19.1 Å². The average Bonchev–Trinajstić information content (AvgIpc) is 3.20. The predicted octanol–water partition coefficient (Wildman–Crippen LogP) is 3.28. The molecule has 1 aromatic heterocycles. The van der Waals surface area contributed by atoms with Gasteiger partial charge >= 0.3 is 5.97 Å². The monoisotopic (exact) mass is 417 g/mol. The topological polar surface area (TPSA) is 90.4 Å². The number of esters is 1. The Kier molecular flexibility index (Phi) is 5.66. The van der Waals surface area contributed by atoms with E-state index in [-0.39, 0.29) is 23.1 Å². The Morgan fingerprint density at radius 2 is 1.94 bits per heavy atom. The maximum Gasteiger partial charge on any atom is 0.338 e. The number of aromatic nitrogens is 2. The highest BCUT2D eigenvalue weighted by molar-refractivity contribution is 6.05. The van der Waals surface area contributed by atoms with Gasteiger partial charge in [0.15, 0.2) is 0 Å². The maximum atomic E-state index is 12.6. The van der Waals surface area contributed by atoms with E-state index in [2.05, 4.69) is 21.4 Å². The molecule has 158 valence electrons. The first-order valence-corrected chi connectivity index (χ1v) is 10.0. The Morgan fingerprint density at radius 1 is 1.16 bits per heavy atom. The van der Waals surface area contributed by atoms with Gasteiger partial charge in [0.05, 0.1) is 41.9 Å². The lowest BCUT2D eigenvalue weighted by atomic mass is 10.0. The van der Waals surface area contributed by atoms with Crippen LogP contribution in [0.1, 0.15) is 37.7 Å². The zero-order chi connectivity index (χ0) is 22.0. The fraction of sp³-hybridized carbons (Fsp3) is 0.250. The molecular formula is C24H23N3O4. The number of nitrogens with zero attached hydrogens (tertiary/aromatic N) is 2. The van der Waals surface area contributed by atoms with Gasteiger partial charge in [0.25, 0.3) is 5.91 Å². The second-order valence-electron chi connectivity index (χ2n) is 7.46. The summed E-state index contributed by atoms with van der Waals surface area (Å²) in [7, 11) is 1.29. The van der Waals surface area contributed by atoms with Crippen molar-refractivity contribution in [3.63, 3.8) is 0 Å². The van der Waals surface area contributed by atoms with Crippen LogP contribution >= 0.6 is 0 Å². The number of hydrogen-bond acceptors (Lipinski definition) is 6. The van der Waals surface area contributed by atoms with Crippen molar-refractivity contribution in [2.24, 2.45) is 0 Å². The van der Waals surface area contributed by atoms with Gasteiger partial charge in [0.1, 0.15) is 11.9 Å². The summed E-state index contributed by atoms with van der Waals surface area (Å²) in [6.45, 7) is 4.18. The molecule has 2 aromatic carbocycles. The third-order valence-electron chi connectivity index (χ3n) is 5.22. The van der Waals surface area contributed by atoms with Gasteiger partial charge in [-0.25, -0.2) is 9.78 Å². The number of hydrogen-bond donors (Lipinski definition) is 1. The Bertz CT molecular complexity index is 1160. The minimum absolute atomic E-state index is 0.191. The van der Waals surface area contributed by atoms with Gasteiger partial charge in [0.2, 0.25) is 0 Å². The van der Waals surface area contributed by atoms with E-state index in [1.165, 1.54) is 7.11 Å². The molecule has 0 radical (unpaired) electrons. The van der Waals surface area contributed by atoms with Gasteiger partial charge in [-0.05, 0) is 49.7 Å². The summed E-state index contributed by atoms with van der Waals surface area (Å²) < 4.78 is 10.8. The molecule has 1 amide bonds. The van der Waals surface area contributed by atoms with Gasteiger partial charge in [-0.15, -0.1) is 0 Å². The van der Waals surface area contributed by atoms with Crippen molar-refractivity contribution in [2.45, 2.75) is 26.4 Å². The SMILES string of the molecule is COC(=O)c1ccccc1C(=O)NCC1Cc2cc(-c3nc(C)cnc3C)ccc2O1. The van der Waals surface area contributed by atoms with Crippen LogP contribution < -0.4 is 10.1 Å². The van der Waals surface area contributed by atoms with E-state index in [1.807, 2.05) is 26.0 Å². The van der Waals surface area contributed by atoms with Crippen molar-refractivity contribution in [1.82, 2.24) is 15.3 Å². The number of carbonyl (C=O) groups excluding carboxylic acids is 2. The molecule has 0 aliphatic carbocycles. The van der Waals surface area contributed by atoms with Crippen LogP contribution in [-0.2, 0) is 11.2 Å². The van der Waals surface area contributed by atoms with Crippen LogP contribution in [0.15, 0.2) is 48.7 Å². The Hall–Kier alpha value is -3.74. The van der Waals surface area contributed by atoms with Crippen LogP contribution in [0.3, 0.4) is 0 Å². The highest BCUT2D eigenvalue weighted by Crippen LogP contribution is 2.33. The number of ether oxygens (including phenoxy) is 2. The van der Waals surface area contributed by atoms with E-state index in [9.17, 15) is 9.59 Å². The fourth-order valence-electron chi connectivity index (χ4n) is 3.66. The van der Waals surface area contributed by atoms with E-state index in [4.69, 9.17) is 9.47 Å². The van der Waals surface area contributed by atoms with Crippen molar-refractivity contribution in [3.8, 4) is 17.0 Å². The number of benzene rings is 2.